The van der Waals surface area contributed by atoms with Gasteiger partial charge in [0, 0.05) is 30.4 Å². The number of nitrogens with two attached hydrogens (primary N) is 1. The molecule has 4 heteroatoms. The first-order valence-electron chi connectivity index (χ1n) is 5.23. The largest absolute Gasteiger partial charge is 0.330 e. The number of aromatic nitrogens is 3. The Kier molecular flexibility index (Phi) is 3.22. The molecule has 0 spiro atoms. The molecule has 0 bridgehead atoms. The average molecular weight is 214 g/mol. The van der Waals surface area contributed by atoms with Crippen molar-refractivity contribution in [1.82, 2.24) is 15.0 Å². The van der Waals surface area contributed by atoms with Gasteiger partial charge < -0.3 is 5.73 Å². The summed E-state index contributed by atoms with van der Waals surface area (Å²) in [5.41, 5.74) is 8.64. The first-order valence-corrected chi connectivity index (χ1v) is 5.23. The second-order valence-corrected chi connectivity index (χ2v) is 3.64. The minimum atomic E-state index is 0.622. The van der Waals surface area contributed by atoms with Crippen LogP contribution in [0.5, 0.6) is 0 Å². The zero-order valence-corrected chi connectivity index (χ0v) is 9.22. The molecule has 0 saturated heterocycles. The average Bonchev–Trinajstić information content (AvgIpc) is 2.31. The van der Waals surface area contributed by atoms with Gasteiger partial charge in [0.05, 0.1) is 0 Å². The topological polar surface area (TPSA) is 64.7 Å². The van der Waals surface area contributed by atoms with Gasteiger partial charge in [-0.2, -0.15) is 0 Å². The molecule has 0 amide bonds. The second-order valence-electron chi connectivity index (χ2n) is 3.64. The molecule has 2 aromatic heterocycles. The number of aryl methyl sites for hydroxylation is 1. The molecular formula is C12H14N4. The number of rotatable bonds is 3. The van der Waals surface area contributed by atoms with Crippen molar-refractivity contribution in [3.05, 3.63) is 42.0 Å². The lowest BCUT2D eigenvalue weighted by molar-refractivity contribution is 0.942. The summed E-state index contributed by atoms with van der Waals surface area (Å²) >= 11 is 0. The van der Waals surface area contributed by atoms with Gasteiger partial charge in [-0.3, -0.25) is 4.98 Å². The van der Waals surface area contributed by atoms with E-state index in [0.29, 0.717) is 6.54 Å². The zero-order chi connectivity index (χ0) is 11.4. The van der Waals surface area contributed by atoms with Crippen LogP contribution in [-0.2, 0) is 6.42 Å². The van der Waals surface area contributed by atoms with Gasteiger partial charge in [0.2, 0.25) is 0 Å². The van der Waals surface area contributed by atoms with Gasteiger partial charge >= 0.3 is 0 Å². The Morgan fingerprint density at radius 2 is 1.94 bits per heavy atom. The predicted molar refractivity (Wildman–Crippen MR) is 62.8 cm³/mol. The molecule has 0 atom stereocenters. The van der Waals surface area contributed by atoms with Crippen molar-refractivity contribution in [3.63, 3.8) is 0 Å². The Balaban J connectivity index is 2.31. The van der Waals surface area contributed by atoms with E-state index in [4.69, 9.17) is 5.73 Å². The molecule has 16 heavy (non-hydrogen) atoms. The van der Waals surface area contributed by atoms with Crippen molar-refractivity contribution in [1.29, 1.82) is 0 Å². The van der Waals surface area contributed by atoms with Crippen molar-refractivity contribution >= 4 is 0 Å². The van der Waals surface area contributed by atoms with Crippen LogP contribution in [0.3, 0.4) is 0 Å². The first-order chi connectivity index (χ1) is 7.81. The Morgan fingerprint density at radius 3 is 2.56 bits per heavy atom. The summed E-state index contributed by atoms with van der Waals surface area (Å²) in [6, 6.07) is 1.92. The molecule has 4 nitrogen and oxygen atoms in total. The maximum atomic E-state index is 5.47. The molecule has 2 rings (SSSR count). The highest BCUT2D eigenvalue weighted by Gasteiger charge is 2.04. The van der Waals surface area contributed by atoms with Crippen molar-refractivity contribution in [2.45, 2.75) is 13.3 Å². The van der Waals surface area contributed by atoms with Crippen LogP contribution in [0.2, 0.25) is 0 Å². The van der Waals surface area contributed by atoms with Crippen LogP contribution in [-0.4, -0.2) is 21.5 Å². The number of pyridine rings is 1. The van der Waals surface area contributed by atoms with Gasteiger partial charge in [-0.25, -0.2) is 9.97 Å². The van der Waals surface area contributed by atoms with Gasteiger partial charge in [0.1, 0.15) is 0 Å². The van der Waals surface area contributed by atoms with E-state index >= 15 is 0 Å². The summed E-state index contributed by atoms with van der Waals surface area (Å²) in [6.07, 6.45) is 8.03. The maximum absolute atomic E-state index is 5.47. The fraction of sp³-hybridized carbons (Fsp3) is 0.250. The molecule has 0 aromatic carbocycles. The zero-order valence-electron chi connectivity index (χ0n) is 9.22. The normalized spacial score (nSPS) is 10.4. The molecule has 0 fully saturated rings. The van der Waals surface area contributed by atoms with Crippen molar-refractivity contribution < 1.29 is 0 Å². The number of nitrogens with zero attached hydrogens (tertiary/aromatic N) is 3. The first kappa shape index (κ1) is 10.7. The van der Waals surface area contributed by atoms with Gasteiger partial charge in [0.15, 0.2) is 5.82 Å². The third kappa shape index (κ3) is 2.23. The van der Waals surface area contributed by atoms with Crippen molar-refractivity contribution in [3.8, 4) is 11.4 Å². The standard InChI is InChI=1S/C12H14N4/c1-9-6-14-5-3-11(9)12-15-7-10(2-4-13)8-16-12/h3,5-8H,2,4,13H2,1H3. The van der Waals surface area contributed by atoms with Crippen LogP contribution < -0.4 is 5.73 Å². The van der Waals surface area contributed by atoms with Crippen LogP contribution >= 0.6 is 0 Å². The van der Waals surface area contributed by atoms with E-state index < -0.39 is 0 Å². The number of hydrogen-bond donors (Lipinski definition) is 1. The highest BCUT2D eigenvalue weighted by molar-refractivity contribution is 5.58. The SMILES string of the molecule is Cc1cnccc1-c1ncc(CCN)cn1. The molecule has 0 unspecified atom stereocenters. The molecule has 0 aliphatic rings. The van der Waals surface area contributed by atoms with E-state index in [2.05, 4.69) is 15.0 Å². The van der Waals surface area contributed by atoms with Gasteiger partial charge in [-0.05, 0) is 37.1 Å². The van der Waals surface area contributed by atoms with E-state index in [1.807, 2.05) is 31.6 Å². The molecule has 0 radical (unpaired) electrons. The lowest BCUT2D eigenvalue weighted by Crippen LogP contribution is -2.04. The van der Waals surface area contributed by atoms with Gasteiger partial charge in [-0.1, -0.05) is 0 Å². The summed E-state index contributed by atoms with van der Waals surface area (Å²) in [7, 11) is 0. The summed E-state index contributed by atoms with van der Waals surface area (Å²) < 4.78 is 0. The van der Waals surface area contributed by atoms with Crippen molar-refractivity contribution in [2.24, 2.45) is 5.73 Å². The second kappa shape index (κ2) is 4.81. The fourth-order valence-electron chi connectivity index (χ4n) is 1.51. The quantitative estimate of drug-likeness (QED) is 0.837. The Bertz CT molecular complexity index is 465. The molecule has 0 aliphatic heterocycles. The van der Waals surface area contributed by atoms with E-state index in [1.54, 1.807) is 6.20 Å². The van der Waals surface area contributed by atoms with E-state index in [1.165, 1.54) is 0 Å². The third-order valence-corrected chi connectivity index (χ3v) is 2.40. The number of hydrogen-bond acceptors (Lipinski definition) is 4. The molecule has 0 aliphatic carbocycles. The summed E-state index contributed by atoms with van der Waals surface area (Å²) in [6.45, 7) is 2.62. The van der Waals surface area contributed by atoms with E-state index in [0.717, 1.165) is 28.9 Å². The summed E-state index contributed by atoms with van der Waals surface area (Å²) in [4.78, 5) is 12.7. The van der Waals surface area contributed by atoms with Crippen molar-refractivity contribution in [2.75, 3.05) is 6.54 Å². The Hall–Kier alpha value is -1.81. The minimum absolute atomic E-state index is 0.622. The Morgan fingerprint density at radius 1 is 1.19 bits per heavy atom. The Labute approximate surface area is 94.6 Å². The van der Waals surface area contributed by atoms with Crippen LogP contribution in [0.4, 0.5) is 0 Å². The molecular weight excluding hydrogens is 200 g/mol. The highest BCUT2D eigenvalue weighted by Crippen LogP contribution is 2.17. The molecule has 0 saturated carbocycles. The van der Waals surface area contributed by atoms with Crippen LogP contribution in [0.1, 0.15) is 11.1 Å². The van der Waals surface area contributed by atoms with E-state index in [9.17, 15) is 0 Å². The highest BCUT2D eigenvalue weighted by atomic mass is 14.9. The van der Waals surface area contributed by atoms with Crippen LogP contribution in [0, 0.1) is 6.92 Å². The lowest BCUT2D eigenvalue weighted by Gasteiger charge is -2.04. The fourth-order valence-corrected chi connectivity index (χ4v) is 1.51. The third-order valence-electron chi connectivity index (χ3n) is 2.40. The van der Waals surface area contributed by atoms with E-state index in [-0.39, 0.29) is 0 Å². The molecule has 2 aromatic rings. The predicted octanol–water partition coefficient (Wildman–Crippen LogP) is 1.35. The van der Waals surface area contributed by atoms with Crippen LogP contribution in [0.25, 0.3) is 11.4 Å². The lowest BCUT2D eigenvalue weighted by atomic mass is 10.1. The molecule has 2 heterocycles. The molecule has 82 valence electrons. The summed E-state index contributed by atoms with van der Waals surface area (Å²) in [5.74, 6) is 0.737. The van der Waals surface area contributed by atoms with Gasteiger partial charge in [-0.15, -0.1) is 0 Å². The molecule has 2 N–H and O–H groups in total. The minimum Gasteiger partial charge on any atom is -0.330 e. The van der Waals surface area contributed by atoms with Crippen LogP contribution in [0.15, 0.2) is 30.9 Å². The summed E-state index contributed by atoms with van der Waals surface area (Å²) in [5, 5.41) is 0. The maximum Gasteiger partial charge on any atom is 0.159 e. The van der Waals surface area contributed by atoms with Gasteiger partial charge in [0.25, 0.3) is 0 Å². The smallest absolute Gasteiger partial charge is 0.159 e. The monoisotopic (exact) mass is 214 g/mol.